The number of aliphatic hydroxyl groups is 1. The number of benzene rings is 1. The van der Waals surface area contributed by atoms with E-state index in [1.54, 1.807) is 6.92 Å². The lowest BCUT2D eigenvalue weighted by Crippen LogP contribution is -2.22. The maximum absolute atomic E-state index is 10.6. The van der Waals surface area contributed by atoms with Gasteiger partial charge in [0.05, 0.1) is 0 Å². The molecule has 0 fully saturated rings. The van der Waals surface area contributed by atoms with Crippen molar-refractivity contribution < 1.29 is 19.4 Å². The number of aryl methyl sites for hydroxylation is 1. The molecule has 0 aliphatic heterocycles. The summed E-state index contributed by atoms with van der Waals surface area (Å²) in [7, 11) is 0. The third-order valence-corrected chi connectivity index (χ3v) is 2.58. The number of furan rings is 1. The van der Waals surface area contributed by atoms with Crippen molar-refractivity contribution in [2.45, 2.75) is 19.4 Å². The highest BCUT2D eigenvalue weighted by atomic mass is 16.4. The van der Waals surface area contributed by atoms with E-state index in [1.165, 1.54) is 0 Å². The molecule has 0 spiro atoms. The lowest BCUT2D eigenvalue weighted by Gasteiger charge is -2.04. The minimum atomic E-state index is -1.39. The first-order valence-corrected chi connectivity index (χ1v) is 4.97. The van der Waals surface area contributed by atoms with Crippen molar-refractivity contribution >= 4 is 16.9 Å². The summed E-state index contributed by atoms with van der Waals surface area (Å²) in [5.41, 5.74) is 1.47. The van der Waals surface area contributed by atoms with E-state index in [9.17, 15) is 9.90 Å². The molecule has 0 bridgehead atoms. The molecule has 0 amide bonds. The average Bonchev–Trinajstić information content (AvgIpc) is 2.55. The molecule has 0 radical (unpaired) electrons. The topological polar surface area (TPSA) is 70.7 Å². The lowest BCUT2D eigenvalue weighted by atomic mass is 10.0. The summed E-state index contributed by atoms with van der Waals surface area (Å²) in [6, 6.07) is 7.38. The fraction of sp³-hybridized carbons (Fsp3) is 0.250. The Morgan fingerprint density at radius 1 is 1.44 bits per heavy atom. The second-order valence-electron chi connectivity index (χ2n) is 3.69. The van der Waals surface area contributed by atoms with Crippen molar-refractivity contribution in [2.75, 3.05) is 0 Å². The van der Waals surface area contributed by atoms with Crippen LogP contribution in [0, 0.1) is 6.92 Å². The zero-order valence-corrected chi connectivity index (χ0v) is 8.80. The van der Waals surface area contributed by atoms with Crippen LogP contribution in [0.15, 0.2) is 28.7 Å². The van der Waals surface area contributed by atoms with Crippen molar-refractivity contribution in [1.82, 2.24) is 0 Å². The van der Waals surface area contributed by atoms with E-state index >= 15 is 0 Å². The van der Waals surface area contributed by atoms with Gasteiger partial charge in [0.1, 0.15) is 11.3 Å². The molecule has 0 aliphatic carbocycles. The number of para-hydroxylation sites is 1. The molecule has 1 unspecified atom stereocenters. The van der Waals surface area contributed by atoms with Crippen LogP contribution in [0.2, 0.25) is 0 Å². The molecular formula is C12H12O4. The van der Waals surface area contributed by atoms with Crippen LogP contribution in [0.25, 0.3) is 11.0 Å². The van der Waals surface area contributed by atoms with Crippen LogP contribution in [-0.4, -0.2) is 22.3 Å². The number of hydrogen-bond donors (Lipinski definition) is 2. The highest BCUT2D eigenvalue weighted by Crippen LogP contribution is 2.26. The van der Waals surface area contributed by atoms with Crippen LogP contribution in [-0.2, 0) is 11.2 Å². The van der Waals surface area contributed by atoms with Crippen LogP contribution in [0.4, 0.5) is 0 Å². The van der Waals surface area contributed by atoms with Gasteiger partial charge in [-0.3, -0.25) is 0 Å². The molecule has 84 valence electrons. The van der Waals surface area contributed by atoms with Crippen molar-refractivity contribution in [3.05, 3.63) is 35.6 Å². The maximum Gasteiger partial charge on any atom is 0.332 e. The average molecular weight is 220 g/mol. The van der Waals surface area contributed by atoms with Crippen molar-refractivity contribution in [2.24, 2.45) is 0 Å². The molecule has 16 heavy (non-hydrogen) atoms. The van der Waals surface area contributed by atoms with Crippen molar-refractivity contribution in [1.29, 1.82) is 0 Å². The standard InChI is InChI=1S/C12H12O4/c1-7-9(6-10(13)12(14)15)8-4-2-3-5-11(8)16-7/h2-5,10,13H,6H2,1H3,(H,14,15). The summed E-state index contributed by atoms with van der Waals surface area (Å²) in [5.74, 6) is -0.564. The van der Waals surface area contributed by atoms with Gasteiger partial charge in [0.25, 0.3) is 0 Å². The Hall–Kier alpha value is -1.81. The van der Waals surface area contributed by atoms with E-state index < -0.39 is 12.1 Å². The SMILES string of the molecule is Cc1oc2ccccc2c1CC(O)C(=O)O. The number of aliphatic hydroxyl groups excluding tert-OH is 1. The summed E-state index contributed by atoms with van der Waals surface area (Å²) in [4.78, 5) is 10.6. The molecule has 0 saturated carbocycles. The first-order valence-electron chi connectivity index (χ1n) is 4.97. The normalized spacial score (nSPS) is 12.9. The Morgan fingerprint density at radius 3 is 2.81 bits per heavy atom. The lowest BCUT2D eigenvalue weighted by molar-refractivity contribution is -0.146. The van der Waals surface area contributed by atoms with Gasteiger partial charge in [-0.1, -0.05) is 18.2 Å². The number of carbonyl (C=O) groups is 1. The number of fused-ring (bicyclic) bond motifs is 1. The molecule has 4 heteroatoms. The number of hydrogen-bond acceptors (Lipinski definition) is 3. The molecule has 4 nitrogen and oxygen atoms in total. The van der Waals surface area contributed by atoms with Crippen LogP contribution in [0.3, 0.4) is 0 Å². The second kappa shape index (κ2) is 3.98. The van der Waals surface area contributed by atoms with Gasteiger partial charge in [-0.05, 0) is 13.0 Å². The van der Waals surface area contributed by atoms with Gasteiger partial charge in [-0.15, -0.1) is 0 Å². The molecule has 2 N–H and O–H groups in total. The van der Waals surface area contributed by atoms with E-state index in [2.05, 4.69) is 0 Å². The molecule has 0 saturated heterocycles. The highest BCUT2D eigenvalue weighted by molar-refractivity contribution is 5.83. The summed E-state index contributed by atoms with van der Waals surface area (Å²) >= 11 is 0. The number of carboxylic acids is 1. The van der Waals surface area contributed by atoms with Gasteiger partial charge in [0, 0.05) is 17.4 Å². The number of rotatable bonds is 3. The summed E-state index contributed by atoms with van der Waals surface area (Å²) < 4.78 is 5.48. The fourth-order valence-corrected chi connectivity index (χ4v) is 1.76. The minimum absolute atomic E-state index is 0.0676. The second-order valence-corrected chi connectivity index (χ2v) is 3.69. The molecule has 2 aromatic rings. The molecule has 1 atom stereocenters. The quantitative estimate of drug-likeness (QED) is 0.826. The van der Waals surface area contributed by atoms with Gasteiger partial charge in [0.2, 0.25) is 0 Å². The third-order valence-electron chi connectivity index (χ3n) is 2.58. The van der Waals surface area contributed by atoms with E-state index in [4.69, 9.17) is 9.52 Å². The molecule has 1 heterocycles. The predicted octanol–water partition coefficient (Wildman–Crippen LogP) is 1.73. The molecule has 0 aliphatic rings. The summed E-state index contributed by atoms with van der Waals surface area (Å²) in [5, 5.41) is 18.9. The maximum atomic E-state index is 10.6. The minimum Gasteiger partial charge on any atom is -0.479 e. The van der Waals surface area contributed by atoms with E-state index in [0.29, 0.717) is 11.3 Å². The zero-order chi connectivity index (χ0) is 11.7. The Labute approximate surface area is 92.1 Å². The highest BCUT2D eigenvalue weighted by Gasteiger charge is 2.19. The van der Waals surface area contributed by atoms with Gasteiger partial charge >= 0.3 is 5.97 Å². The molecule has 1 aromatic heterocycles. The Bertz CT molecular complexity index is 527. The third kappa shape index (κ3) is 1.79. The van der Waals surface area contributed by atoms with Gasteiger partial charge < -0.3 is 14.6 Å². The van der Waals surface area contributed by atoms with Crippen molar-refractivity contribution in [3.8, 4) is 0 Å². The Kier molecular flexibility index (Phi) is 2.66. The Morgan fingerprint density at radius 2 is 2.12 bits per heavy atom. The molecule has 2 rings (SSSR count). The predicted molar refractivity (Wildman–Crippen MR) is 58.3 cm³/mol. The molecule has 1 aromatic carbocycles. The van der Waals surface area contributed by atoms with Gasteiger partial charge in [-0.2, -0.15) is 0 Å². The van der Waals surface area contributed by atoms with E-state index in [0.717, 1.165) is 10.9 Å². The summed E-state index contributed by atoms with van der Waals surface area (Å²) in [6.07, 6.45) is -1.32. The first-order chi connectivity index (χ1) is 7.59. The van der Waals surface area contributed by atoms with Crippen LogP contribution in [0.1, 0.15) is 11.3 Å². The number of aliphatic carboxylic acids is 1. The fourth-order valence-electron chi connectivity index (χ4n) is 1.76. The molecular weight excluding hydrogens is 208 g/mol. The zero-order valence-electron chi connectivity index (χ0n) is 8.80. The summed E-state index contributed by atoms with van der Waals surface area (Å²) in [6.45, 7) is 1.77. The van der Waals surface area contributed by atoms with Crippen LogP contribution < -0.4 is 0 Å². The van der Waals surface area contributed by atoms with E-state index in [-0.39, 0.29) is 6.42 Å². The monoisotopic (exact) mass is 220 g/mol. The van der Waals surface area contributed by atoms with Gasteiger partial charge in [0.15, 0.2) is 6.10 Å². The Balaban J connectivity index is 2.43. The van der Waals surface area contributed by atoms with Crippen molar-refractivity contribution in [3.63, 3.8) is 0 Å². The first kappa shape index (κ1) is 10.7. The van der Waals surface area contributed by atoms with Crippen LogP contribution in [0.5, 0.6) is 0 Å². The number of carboxylic acid groups (broad SMARTS) is 1. The van der Waals surface area contributed by atoms with E-state index in [1.807, 2.05) is 24.3 Å². The largest absolute Gasteiger partial charge is 0.479 e. The van der Waals surface area contributed by atoms with Gasteiger partial charge in [-0.25, -0.2) is 4.79 Å². The van der Waals surface area contributed by atoms with Crippen LogP contribution >= 0.6 is 0 Å². The smallest absolute Gasteiger partial charge is 0.332 e.